The maximum atomic E-state index is 12.9. The zero-order valence-electron chi connectivity index (χ0n) is 31.7. The number of β-amino-alcohol motifs (C(OH)–C–C–N with tert-alkyl or cyclic N) is 1. The number of hydrogen-bond donors (Lipinski definition) is 2. The smallest absolute Gasteiger partial charge is 0.220 e. The summed E-state index contributed by atoms with van der Waals surface area (Å²) in [5, 5.41) is 18.1. The van der Waals surface area contributed by atoms with Gasteiger partial charge in [0.2, 0.25) is 5.91 Å². The second-order valence-electron chi connectivity index (χ2n) is 17.0. The van der Waals surface area contributed by atoms with Gasteiger partial charge < -0.3 is 15.3 Å². The second-order valence-corrected chi connectivity index (χ2v) is 17.0. The molecule has 8 heteroatoms. The molecule has 3 heterocycles. The molecule has 1 saturated heterocycles. The number of carbonyl (C=O) groups is 1. The molecule has 4 aliphatic carbocycles. The van der Waals surface area contributed by atoms with E-state index in [9.17, 15) is 9.90 Å². The third kappa shape index (κ3) is 8.49. The van der Waals surface area contributed by atoms with Crippen LogP contribution in [0.3, 0.4) is 0 Å². The molecule has 0 radical (unpaired) electrons. The molecule has 1 amide bonds. The van der Waals surface area contributed by atoms with Crippen molar-refractivity contribution in [1.29, 1.82) is 0 Å². The molecule has 1 aliphatic heterocycles. The third-order valence-electron chi connectivity index (χ3n) is 13.0. The zero-order chi connectivity index (χ0) is 36.0. The Labute approximate surface area is 316 Å². The van der Waals surface area contributed by atoms with E-state index in [1.54, 1.807) is 0 Å². The summed E-state index contributed by atoms with van der Waals surface area (Å²) in [6.45, 7) is 5.36. The Balaban J connectivity index is 0.860. The quantitative estimate of drug-likeness (QED) is 0.107. The Kier molecular flexibility index (Phi) is 11.4. The first-order valence-corrected chi connectivity index (χ1v) is 20.9. The van der Waals surface area contributed by atoms with Crippen LogP contribution in [0.4, 0.5) is 5.82 Å². The van der Waals surface area contributed by atoms with Crippen molar-refractivity contribution in [2.24, 2.45) is 23.2 Å². The lowest BCUT2D eigenvalue weighted by Gasteiger charge is -2.56. The molecule has 5 aliphatic rings. The van der Waals surface area contributed by atoms with Gasteiger partial charge in [0, 0.05) is 62.9 Å². The highest BCUT2D eigenvalue weighted by Gasteiger charge is 2.51. The number of nitrogens with zero attached hydrogens (tertiary/aromatic N) is 5. The average Bonchev–Trinajstić information content (AvgIpc) is 3.54. The summed E-state index contributed by atoms with van der Waals surface area (Å²) in [6, 6.07) is 23.4. The zero-order valence-corrected chi connectivity index (χ0v) is 31.7. The molecule has 0 spiro atoms. The standard InChI is InChI=1S/C45H60N6O2/c52-25-24-49-20-22-50(23-21-49)42-29-40(37-14-8-6-9-15-37)47-44-43(38-16-10-7-11-17-38)39(48-51(42)44)18-12-4-2-1-3-5-13-19-46-41(53)33-45-30-34-26-35(31-45)28-36(27-34)32-45/h6-11,14-17,29,34-36,52H,1-5,12-13,18-28,30-33H2,(H,46,53). The lowest BCUT2D eigenvalue weighted by Crippen LogP contribution is -2.48. The first-order chi connectivity index (χ1) is 26.1. The van der Waals surface area contributed by atoms with Crippen LogP contribution in [0.2, 0.25) is 0 Å². The number of rotatable bonds is 17. The van der Waals surface area contributed by atoms with Gasteiger partial charge in [0.1, 0.15) is 5.82 Å². The van der Waals surface area contributed by atoms with Gasteiger partial charge in [-0.25, -0.2) is 4.98 Å². The highest BCUT2D eigenvalue weighted by atomic mass is 16.3. The van der Waals surface area contributed by atoms with Crippen LogP contribution >= 0.6 is 0 Å². The van der Waals surface area contributed by atoms with Crippen molar-refractivity contribution < 1.29 is 9.90 Å². The summed E-state index contributed by atoms with van der Waals surface area (Å²) in [6.07, 6.45) is 18.2. The summed E-state index contributed by atoms with van der Waals surface area (Å²) < 4.78 is 2.10. The highest BCUT2D eigenvalue weighted by molar-refractivity contribution is 5.83. The van der Waals surface area contributed by atoms with Gasteiger partial charge in [-0.15, -0.1) is 0 Å². The molecule has 4 saturated carbocycles. The molecule has 2 aromatic carbocycles. The lowest BCUT2D eigenvalue weighted by atomic mass is 9.49. The number of aromatic nitrogens is 3. The SMILES string of the molecule is O=C(CC12CC3CC(CC(C3)C1)C2)NCCCCCCCCCc1nn2c(N3CCN(CCO)CC3)cc(-c3ccccc3)nc2c1-c1ccccc1. The van der Waals surface area contributed by atoms with Gasteiger partial charge in [-0.3, -0.25) is 9.69 Å². The van der Waals surface area contributed by atoms with Gasteiger partial charge in [-0.2, -0.15) is 9.61 Å². The van der Waals surface area contributed by atoms with E-state index in [0.29, 0.717) is 11.3 Å². The molecule has 53 heavy (non-hydrogen) atoms. The Morgan fingerprint density at radius 1 is 0.774 bits per heavy atom. The summed E-state index contributed by atoms with van der Waals surface area (Å²) in [5.41, 5.74) is 6.77. The van der Waals surface area contributed by atoms with E-state index in [-0.39, 0.29) is 6.61 Å². The van der Waals surface area contributed by atoms with Gasteiger partial charge in [0.25, 0.3) is 0 Å². The van der Waals surface area contributed by atoms with Crippen LogP contribution in [0, 0.1) is 23.2 Å². The van der Waals surface area contributed by atoms with E-state index < -0.39 is 0 Å². The fourth-order valence-electron chi connectivity index (χ4n) is 10.9. The number of aliphatic hydroxyl groups excluding tert-OH is 1. The van der Waals surface area contributed by atoms with Crippen LogP contribution in [-0.2, 0) is 11.2 Å². The molecular weight excluding hydrogens is 657 g/mol. The second kappa shape index (κ2) is 16.7. The molecule has 4 aromatic rings. The van der Waals surface area contributed by atoms with Crippen molar-refractivity contribution in [3.8, 4) is 22.4 Å². The van der Waals surface area contributed by atoms with Gasteiger partial charge >= 0.3 is 0 Å². The van der Waals surface area contributed by atoms with Crippen molar-refractivity contribution >= 4 is 17.4 Å². The number of anilines is 1. The number of carbonyl (C=O) groups excluding carboxylic acids is 1. The van der Waals surface area contributed by atoms with E-state index in [1.807, 2.05) is 0 Å². The molecular formula is C45H60N6O2. The minimum Gasteiger partial charge on any atom is -0.395 e. The molecule has 8 nitrogen and oxygen atoms in total. The predicted molar refractivity (Wildman–Crippen MR) is 214 cm³/mol. The monoisotopic (exact) mass is 716 g/mol. The van der Waals surface area contributed by atoms with E-state index in [2.05, 4.69) is 86.4 Å². The van der Waals surface area contributed by atoms with Crippen LogP contribution in [0.5, 0.6) is 0 Å². The largest absolute Gasteiger partial charge is 0.395 e. The summed E-state index contributed by atoms with van der Waals surface area (Å²) >= 11 is 0. The van der Waals surface area contributed by atoms with Gasteiger partial charge in [0.05, 0.1) is 18.0 Å². The first kappa shape index (κ1) is 36.2. The predicted octanol–water partition coefficient (Wildman–Crippen LogP) is 8.17. The fourth-order valence-corrected chi connectivity index (χ4v) is 10.9. The van der Waals surface area contributed by atoms with E-state index in [1.165, 1.54) is 76.2 Å². The number of hydrogen-bond acceptors (Lipinski definition) is 6. The topological polar surface area (TPSA) is 86.0 Å². The lowest BCUT2D eigenvalue weighted by molar-refractivity contribution is -0.129. The minimum atomic E-state index is 0.196. The highest BCUT2D eigenvalue weighted by Crippen LogP contribution is 2.61. The van der Waals surface area contributed by atoms with Gasteiger partial charge in [0.15, 0.2) is 5.65 Å². The first-order valence-electron chi connectivity index (χ1n) is 20.9. The Hall–Kier alpha value is -3.75. The van der Waals surface area contributed by atoms with E-state index >= 15 is 0 Å². The van der Waals surface area contributed by atoms with E-state index in [0.717, 1.165) is 117 Å². The maximum Gasteiger partial charge on any atom is 0.220 e. The maximum absolute atomic E-state index is 12.9. The summed E-state index contributed by atoms with van der Waals surface area (Å²) in [7, 11) is 0. The third-order valence-corrected chi connectivity index (χ3v) is 13.0. The van der Waals surface area contributed by atoms with Crippen molar-refractivity contribution in [1.82, 2.24) is 24.8 Å². The van der Waals surface area contributed by atoms with Gasteiger partial charge in [-0.1, -0.05) is 92.8 Å². The number of fused-ring (bicyclic) bond motifs is 1. The van der Waals surface area contributed by atoms with Crippen molar-refractivity contribution in [2.75, 3.05) is 50.8 Å². The molecule has 2 N–H and O–H groups in total. The minimum absolute atomic E-state index is 0.196. The fraction of sp³-hybridized carbons (Fsp3) is 0.578. The summed E-state index contributed by atoms with van der Waals surface area (Å²) in [5.74, 6) is 4.13. The number of aliphatic hydroxyl groups is 1. The van der Waals surface area contributed by atoms with Crippen molar-refractivity contribution in [3.05, 3.63) is 72.4 Å². The molecule has 282 valence electrons. The molecule has 2 aromatic heterocycles. The molecule has 4 bridgehead atoms. The number of amides is 1. The van der Waals surface area contributed by atoms with Crippen molar-refractivity contribution in [2.45, 2.75) is 96.3 Å². The van der Waals surface area contributed by atoms with Crippen LogP contribution < -0.4 is 10.2 Å². The van der Waals surface area contributed by atoms with Crippen LogP contribution in [0.25, 0.3) is 28.0 Å². The van der Waals surface area contributed by atoms with Crippen LogP contribution in [0.15, 0.2) is 66.7 Å². The van der Waals surface area contributed by atoms with Crippen LogP contribution in [0.1, 0.15) is 95.6 Å². The Bertz CT molecular complexity index is 1760. The molecule has 0 unspecified atom stereocenters. The number of unbranched alkanes of at least 4 members (excludes halogenated alkanes) is 6. The molecule has 9 rings (SSSR count). The molecule has 5 fully saturated rings. The van der Waals surface area contributed by atoms with E-state index in [4.69, 9.17) is 10.1 Å². The number of benzene rings is 2. The Morgan fingerprint density at radius 3 is 2.02 bits per heavy atom. The normalized spacial score (nSPS) is 23.9. The van der Waals surface area contributed by atoms with Gasteiger partial charge in [-0.05, 0) is 86.5 Å². The summed E-state index contributed by atoms with van der Waals surface area (Å²) in [4.78, 5) is 23.0. The van der Waals surface area contributed by atoms with Crippen LogP contribution in [-0.4, -0.2) is 76.4 Å². The molecule has 0 atom stereocenters. The number of aryl methyl sites for hydroxylation is 1. The number of piperazine rings is 1. The Morgan fingerprint density at radius 2 is 1.38 bits per heavy atom. The van der Waals surface area contributed by atoms with Crippen molar-refractivity contribution in [3.63, 3.8) is 0 Å². The average molecular weight is 717 g/mol. The number of nitrogens with one attached hydrogen (secondary N) is 1.